The van der Waals surface area contributed by atoms with Crippen LogP contribution in [-0.4, -0.2) is 164 Å². The van der Waals surface area contributed by atoms with E-state index in [2.05, 4.69) is 61.9 Å². The third-order valence-electron chi connectivity index (χ3n) is 21.3. The smallest absolute Gasteiger partial charge is 0.226 e. The van der Waals surface area contributed by atoms with Crippen molar-refractivity contribution in [1.82, 2.24) is 64.0 Å². The largest absolute Gasteiger partial charge is 0.497 e. The molecule has 578 valence electrons. The van der Waals surface area contributed by atoms with Crippen LogP contribution in [0.3, 0.4) is 0 Å². The maximum atomic E-state index is 15.1. The van der Waals surface area contributed by atoms with Crippen LogP contribution in [0.25, 0.3) is 33.1 Å². The molecule has 6 aliphatic rings. The Bertz CT molecular complexity index is 4630. The molecule has 3 N–H and O–H groups in total. The van der Waals surface area contributed by atoms with Crippen molar-refractivity contribution >= 4 is 66.6 Å². The second-order valence-corrected chi connectivity index (χ2v) is 29.3. The molecule has 16 rings (SSSR count). The molecule has 0 spiro atoms. The molecular formula is C77H98BrF2N16O10Pd-. The first-order chi connectivity index (χ1) is 51.1. The number of halogens is 3. The number of nitrogens with zero attached hydrogens (tertiary/aromatic N) is 13. The number of nitrogens with one attached hydrogen (secondary N) is 3. The molecule has 10 aromatic rings. The van der Waals surface area contributed by atoms with Crippen LogP contribution in [0, 0.1) is 19.1 Å². The van der Waals surface area contributed by atoms with Crippen molar-refractivity contribution in [2.45, 2.75) is 190 Å². The molecule has 6 atom stereocenters. The molecule has 4 aliphatic heterocycles. The summed E-state index contributed by atoms with van der Waals surface area (Å²) in [5.41, 5.74) is 4.82. The van der Waals surface area contributed by atoms with Gasteiger partial charge in [0, 0.05) is 142 Å². The summed E-state index contributed by atoms with van der Waals surface area (Å²) in [6, 6.07) is 18.1. The summed E-state index contributed by atoms with van der Waals surface area (Å²) < 4.78 is 94.7. The van der Waals surface area contributed by atoms with Crippen LogP contribution in [0.1, 0.15) is 151 Å². The first-order valence-corrected chi connectivity index (χ1v) is 37.5. The number of methoxy groups -OCH3 is 6. The van der Waals surface area contributed by atoms with Gasteiger partial charge in [-0.3, -0.25) is 9.36 Å². The Labute approximate surface area is 644 Å². The van der Waals surface area contributed by atoms with E-state index >= 15 is 4.39 Å². The molecular weight excluding hydrogens is 1530 g/mol. The average Bonchev–Trinajstić information content (AvgIpc) is 1.65. The molecule has 6 aromatic heterocycles. The van der Waals surface area contributed by atoms with Gasteiger partial charge in [0.25, 0.3) is 0 Å². The molecule has 4 aromatic carbocycles. The molecule has 2 aliphatic carbocycles. The molecule has 6 unspecified atom stereocenters. The van der Waals surface area contributed by atoms with Crippen LogP contribution in [0.4, 0.5) is 26.4 Å². The van der Waals surface area contributed by atoms with Crippen LogP contribution in [0.15, 0.2) is 89.9 Å². The molecule has 26 nitrogen and oxygen atoms in total. The number of hydrogen-bond donors (Lipinski definition) is 3. The number of benzene rings is 4. The molecule has 2 saturated carbocycles. The van der Waals surface area contributed by atoms with Crippen molar-refractivity contribution in [2.24, 2.45) is 0 Å². The minimum atomic E-state index is -0.484. The number of rotatable bonds is 23. The predicted molar refractivity (Wildman–Crippen MR) is 403 cm³/mol. The molecule has 30 heteroatoms. The number of fused-ring (bicyclic) bond motifs is 6. The topological polar surface area (TPSA) is 253 Å². The fourth-order valence-electron chi connectivity index (χ4n) is 14.9. The summed E-state index contributed by atoms with van der Waals surface area (Å²) in [4.78, 5) is 21.9. The molecule has 6 fully saturated rings. The fraction of sp³-hybridized carbons (Fsp3) is 0.519. The van der Waals surface area contributed by atoms with Gasteiger partial charge in [0.15, 0.2) is 58.7 Å². The fourth-order valence-corrected chi connectivity index (χ4v) is 15.2. The standard InChI is InChI=1S/C38H47FN8O5.C25H29FN6O3.C13H19BrN2O2.CH3.Pd/c1-24-9-10-26(21-46(24)27-20-41-45(22-27)23-38(13-7-14-38)52-34-8-5-6-15-51-34)35-43-36-29-17-30(39)33(50-4)18-31(29)42-37(47(36)44-35)40-19-25-11-12-28(48-2)16-32(25)49-3;1-14-5-6-16(13-27-14)23-30-24-18-10-19(26)22(35-4)11-20(18)29-25(32(24)31-23)28-12-15-7-8-17(33-2)9-21(15)34-3;14-11-8-15-16(9-11)10-13(5-3-6-13)18-12-4-1-2-7-17-12;;/h11-12,16-18,20,22,24,26,34H,5-10,13-15,19,21,23H2,1-4H3,(H,40,42);7-11,14,16,27H,5-6,12-13H2,1-4H3,(H,28,29);8-9,12H,1-7,10H2;1H3;/q;;;-1;. The molecule has 4 saturated heterocycles. The SMILES string of the molecule is Brc1cnn(CC2(OC3CCCCO3)CCC2)c1.COc1ccc(CNc2nc3cc(OC)c(F)cc3c3nc(C4CCC(C)N(c5cnn(CC6(OC7CCCCO7)CCC6)c5)C4)nn23)c(OC)c1.COc1ccc(CNc2nc3cc(OC)c(F)cc3c3nc(C4CCC(C)NC4)nn23)c(OC)c1.[CH3-].[Pd]. The third kappa shape index (κ3) is 17.8. The van der Waals surface area contributed by atoms with Gasteiger partial charge < -0.3 is 75.6 Å². The summed E-state index contributed by atoms with van der Waals surface area (Å²) in [6.07, 6.45) is 25.0. The summed E-state index contributed by atoms with van der Waals surface area (Å²) in [5, 5.41) is 30.4. The van der Waals surface area contributed by atoms with Crippen molar-refractivity contribution in [3.8, 4) is 34.5 Å². The van der Waals surface area contributed by atoms with Crippen molar-refractivity contribution in [3.05, 3.63) is 132 Å². The Morgan fingerprint density at radius 2 is 1.06 bits per heavy atom. The monoisotopic (exact) mass is 1630 g/mol. The predicted octanol–water partition coefficient (Wildman–Crippen LogP) is 14.0. The van der Waals surface area contributed by atoms with Gasteiger partial charge in [-0.15, -0.1) is 10.2 Å². The molecule has 107 heavy (non-hydrogen) atoms. The zero-order valence-corrected chi connectivity index (χ0v) is 65.5. The van der Waals surface area contributed by atoms with E-state index < -0.39 is 11.6 Å². The van der Waals surface area contributed by atoms with Crippen LogP contribution < -0.4 is 49.3 Å². The van der Waals surface area contributed by atoms with Gasteiger partial charge in [0.1, 0.15) is 23.0 Å². The van der Waals surface area contributed by atoms with Gasteiger partial charge in [-0.2, -0.15) is 19.2 Å². The first-order valence-electron chi connectivity index (χ1n) is 36.7. The van der Waals surface area contributed by atoms with E-state index in [1.54, 1.807) is 49.6 Å². The first kappa shape index (κ1) is 78.5. The average molecular weight is 1630 g/mol. The molecule has 0 bridgehead atoms. The van der Waals surface area contributed by atoms with Crippen molar-refractivity contribution in [3.63, 3.8) is 0 Å². The van der Waals surface area contributed by atoms with E-state index in [-0.39, 0.29) is 75.0 Å². The van der Waals surface area contributed by atoms with Crippen molar-refractivity contribution in [1.29, 1.82) is 0 Å². The van der Waals surface area contributed by atoms with Crippen LogP contribution >= 0.6 is 15.9 Å². The number of ether oxygens (including phenoxy) is 10. The van der Waals surface area contributed by atoms with Gasteiger partial charge in [0.05, 0.1) is 101 Å². The summed E-state index contributed by atoms with van der Waals surface area (Å²) in [5.74, 6) is 4.67. The second kappa shape index (κ2) is 35.1. The van der Waals surface area contributed by atoms with E-state index in [0.717, 1.165) is 143 Å². The quantitative estimate of drug-likeness (QED) is 0.0397. The normalized spacial score (nSPS) is 20.9. The van der Waals surface area contributed by atoms with E-state index in [4.69, 9.17) is 82.6 Å². The third-order valence-corrected chi connectivity index (χ3v) is 21.7. The number of aromatic nitrogens is 12. The Hall–Kier alpha value is -8.08. The van der Waals surface area contributed by atoms with E-state index in [1.807, 2.05) is 64.4 Å². The minimum absolute atomic E-state index is 0. The number of anilines is 3. The van der Waals surface area contributed by atoms with Gasteiger partial charge in [-0.05, 0) is 169 Å². The van der Waals surface area contributed by atoms with Crippen LogP contribution in [0.2, 0.25) is 0 Å². The van der Waals surface area contributed by atoms with Crippen LogP contribution in [-0.2, 0) is 65.5 Å². The van der Waals surface area contributed by atoms with Gasteiger partial charge in [-0.1, -0.05) is 0 Å². The maximum Gasteiger partial charge on any atom is 0.226 e. The summed E-state index contributed by atoms with van der Waals surface area (Å²) in [6.45, 7) is 9.94. The molecule has 0 radical (unpaired) electrons. The number of hydrogen-bond acceptors (Lipinski definition) is 22. The Morgan fingerprint density at radius 1 is 0.561 bits per heavy atom. The zero-order valence-electron chi connectivity index (χ0n) is 62.4. The Balaban J connectivity index is 0.000000167. The zero-order chi connectivity index (χ0) is 72.8. The summed E-state index contributed by atoms with van der Waals surface area (Å²) >= 11 is 3.43. The van der Waals surface area contributed by atoms with Gasteiger partial charge in [0.2, 0.25) is 11.9 Å². The number of piperidine rings is 2. The maximum absolute atomic E-state index is 15.1. The van der Waals surface area contributed by atoms with E-state index in [1.165, 1.54) is 45.6 Å². The molecule has 0 amide bonds. The molecule has 10 heterocycles. The Kier molecular flexibility index (Phi) is 25.7. The minimum Gasteiger partial charge on any atom is -0.497 e. The van der Waals surface area contributed by atoms with Crippen LogP contribution in [0.5, 0.6) is 34.5 Å². The van der Waals surface area contributed by atoms with Gasteiger partial charge in [-0.25, -0.2) is 28.7 Å². The van der Waals surface area contributed by atoms with Crippen molar-refractivity contribution < 1.29 is 76.6 Å². The second-order valence-electron chi connectivity index (χ2n) is 28.4. The van der Waals surface area contributed by atoms with E-state index in [0.29, 0.717) is 106 Å². The summed E-state index contributed by atoms with van der Waals surface area (Å²) in [7, 11) is 9.36. The van der Waals surface area contributed by atoms with Gasteiger partial charge >= 0.3 is 0 Å². The van der Waals surface area contributed by atoms with E-state index in [9.17, 15) is 4.39 Å². The van der Waals surface area contributed by atoms with Crippen molar-refractivity contribution in [2.75, 3.05) is 84.5 Å². The Morgan fingerprint density at radius 3 is 1.50 bits per heavy atom.